The molecule has 0 fully saturated rings. The second-order valence-corrected chi connectivity index (χ2v) is 5.43. The van der Waals surface area contributed by atoms with Gasteiger partial charge in [0.15, 0.2) is 0 Å². The predicted octanol–water partition coefficient (Wildman–Crippen LogP) is 3.53. The lowest BCUT2D eigenvalue weighted by molar-refractivity contribution is -0.277. The number of esters is 2. The van der Waals surface area contributed by atoms with Gasteiger partial charge in [-0.3, -0.25) is 0 Å². The number of rotatable bonds is 7. The molecule has 0 aliphatic heterocycles. The Morgan fingerprint density at radius 3 is 2.23 bits per heavy atom. The number of benzene rings is 1. The van der Waals surface area contributed by atoms with Crippen molar-refractivity contribution in [3.05, 3.63) is 47.5 Å². The highest BCUT2D eigenvalue weighted by Gasteiger charge is 2.64. The molecule has 1 rings (SSSR count). The Bertz CT molecular complexity index is 655. The smallest absolute Gasteiger partial charge is 0.432 e. The molecule has 2 atom stereocenters. The molecule has 0 saturated heterocycles. The maximum absolute atomic E-state index is 13.7. The molecular weight excluding hydrogens is 353 g/mol. The van der Waals surface area contributed by atoms with Crippen LogP contribution in [-0.4, -0.2) is 37.9 Å². The van der Waals surface area contributed by atoms with Crippen LogP contribution in [0.5, 0.6) is 0 Å². The molecule has 0 aliphatic rings. The number of carbonyl (C=O) groups excluding carboxylic acids is 2. The molecule has 26 heavy (non-hydrogen) atoms. The number of halogens is 3. The molecule has 144 valence electrons. The zero-order valence-electron chi connectivity index (χ0n) is 14.9. The van der Waals surface area contributed by atoms with Gasteiger partial charge in [0.05, 0.1) is 6.61 Å². The summed E-state index contributed by atoms with van der Waals surface area (Å²) in [5, 5.41) is 0. The quantitative estimate of drug-likeness (QED) is 0.540. The van der Waals surface area contributed by atoms with Crippen LogP contribution in [0.2, 0.25) is 0 Å². The molecule has 0 amide bonds. The van der Waals surface area contributed by atoms with E-state index in [0.717, 1.165) is 19.2 Å². The first-order chi connectivity index (χ1) is 12.1. The zero-order valence-corrected chi connectivity index (χ0v) is 14.9. The number of hydrogen-bond donors (Lipinski definition) is 0. The van der Waals surface area contributed by atoms with E-state index in [1.165, 1.54) is 38.1 Å². The molecule has 0 saturated carbocycles. The molecule has 0 N–H and O–H groups in total. The SMILES string of the molecule is CCOC(=O)/C(C)=C/[C@@H](C)OC(=O)[C@@](OC)(c1ccccc1)C(F)(F)F. The first kappa shape index (κ1) is 21.7. The van der Waals surface area contributed by atoms with Crippen molar-refractivity contribution >= 4 is 11.9 Å². The highest BCUT2D eigenvalue weighted by atomic mass is 19.4. The van der Waals surface area contributed by atoms with Crippen LogP contribution in [0.3, 0.4) is 0 Å². The number of ether oxygens (including phenoxy) is 3. The van der Waals surface area contributed by atoms with Gasteiger partial charge in [0, 0.05) is 18.2 Å². The molecule has 0 radical (unpaired) electrons. The molecule has 8 heteroatoms. The molecule has 1 aromatic carbocycles. The van der Waals surface area contributed by atoms with Crippen LogP contribution in [0.4, 0.5) is 13.2 Å². The van der Waals surface area contributed by atoms with Crippen molar-refractivity contribution in [1.82, 2.24) is 0 Å². The molecule has 0 spiro atoms. The van der Waals surface area contributed by atoms with Crippen LogP contribution in [0, 0.1) is 0 Å². The first-order valence-electron chi connectivity index (χ1n) is 7.84. The summed E-state index contributed by atoms with van der Waals surface area (Å²) in [5.74, 6) is -2.27. The maximum atomic E-state index is 13.7. The van der Waals surface area contributed by atoms with E-state index in [1.54, 1.807) is 6.92 Å². The van der Waals surface area contributed by atoms with Crippen molar-refractivity contribution in [3.8, 4) is 0 Å². The lowest BCUT2D eigenvalue weighted by atomic mass is 9.92. The monoisotopic (exact) mass is 374 g/mol. The van der Waals surface area contributed by atoms with Crippen molar-refractivity contribution in [3.63, 3.8) is 0 Å². The Labute approximate surface area is 149 Å². The largest absolute Gasteiger partial charge is 0.463 e. The van der Waals surface area contributed by atoms with Gasteiger partial charge in [0.25, 0.3) is 5.60 Å². The average Bonchev–Trinajstić information content (AvgIpc) is 2.55. The average molecular weight is 374 g/mol. The van der Waals surface area contributed by atoms with Crippen molar-refractivity contribution in [2.24, 2.45) is 0 Å². The standard InChI is InChI=1S/C18H21F3O5/c1-5-25-15(22)12(2)11-13(3)26-16(23)17(24-4,18(19,20)21)14-9-7-6-8-10-14/h6-11,13H,5H2,1-4H3/b12-11+/t13-,17+/m1/s1. The molecular formula is C18H21F3O5. The van der Waals surface area contributed by atoms with Crippen LogP contribution in [0.25, 0.3) is 0 Å². The van der Waals surface area contributed by atoms with E-state index in [2.05, 4.69) is 4.74 Å². The van der Waals surface area contributed by atoms with Gasteiger partial charge < -0.3 is 14.2 Å². The second kappa shape index (κ2) is 8.84. The fourth-order valence-electron chi connectivity index (χ4n) is 2.34. The normalized spacial score (nSPS) is 15.7. The summed E-state index contributed by atoms with van der Waals surface area (Å²) < 4.78 is 55.5. The second-order valence-electron chi connectivity index (χ2n) is 5.43. The summed E-state index contributed by atoms with van der Waals surface area (Å²) in [6.45, 7) is 4.51. The summed E-state index contributed by atoms with van der Waals surface area (Å²) in [7, 11) is 0.784. The molecule has 0 unspecified atom stereocenters. The molecule has 0 heterocycles. The third kappa shape index (κ3) is 4.63. The van der Waals surface area contributed by atoms with Gasteiger partial charge in [-0.1, -0.05) is 30.3 Å². The maximum Gasteiger partial charge on any atom is 0.432 e. The summed E-state index contributed by atoms with van der Waals surface area (Å²) >= 11 is 0. The van der Waals surface area contributed by atoms with Gasteiger partial charge >= 0.3 is 18.1 Å². The van der Waals surface area contributed by atoms with E-state index < -0.39 is 35.4 Å². The summed E-state index contributed by atoms with van der Waals surface area (Å²) in [5.41, 5.74) is -3.56. The van der Waals surface area contributed by atoms with E-state index in [9.17, 15) is 22.8 Å². The number of methoxy groups -OCH3 is 1. The van der Waals surface area contributed by atoms with E-state index in [0.29, 0.717) is 0 Å². The van der Waals surface area contributed by atoms with Gasteiger partial charge in [0.2, 0.25) is 0 Å². The van der Waals surface area contributed by atoms with Crippen molar-refractivity contribution in [2.45, 2.75) is 38.7 Å². The molecule has 0 aliphatic carbocycles. The Morgan fingerprint density at radius 2 is 1.77 bits per heavy atom. The van der Waals surface area contributed by atoms with Crippen LogP contribution < -0.4 is 0 Å². The summed E-state index contributed by atoms with van der Waals surface area (Å²) in [4.78, 5) is 24.0. The molecule has 0 bridgehead atoms. The fourth-order valence-corrected chi connectivity index (χ4v) is 2.34. The zero-order chi connectivity index (χ0) is 20.0. The van der Waals surface area contributed by atoms with Gasteiger partial charge in [-0.2, -0.15) is 13.2 Å². The highest BCUT2D eigenvalue weighted by Crippen LogP contribution is 2.43. The predicted molar refractivity (Wildman–Crippen MR) is 87.1 cm³/mol. The Kier molecular flexibility index (Phi) is 7.38. The van der Waals surface area contributed by atoms with Crippen LogP contribution in [0.15, 0.2) is 42.0 Å². The summed E-state index contributed by atoms with van der Waals surface area (Å²) in [6.07, 6.45) is -4.95. The van der Waals surface area contributed by atoms with Crippen molar-refractivity contribution in [1.29, 1.82) is 0 Å². The van der Waals surface area contributed by atoms with Gasteiger partial charge in [-0.05, 0) is 26.8 Å². The van der Waals surface area contributed by atoms with Crippen LogP contribution in [0.1, 0.15) is 26.3 Å². The molecule has 5 nitrogen and oxygen atoms in total. The fraction of sp³-hybridized carbons (Fsp3) is 0.444. The Hall–Kier alpha value is -2.35. The van der Waals surface area contributed by atoms with Crippen molar-refractivity contribution in [2.75, 3.05) is 13.7 Å². The number of carbonyl (C=O) groups is 2. The third-order valence-corrected chi connectivity index (χ3v) is 3.55. The first-order valence-corrected chi connectivity index (χ1v) is 7.84. The van der Waals surface area contributed by atoms with E-state index in [1.807, 2.05) is 0 Å². The van der Waals surface area contributed by atoms with E-state index in [4.69, 9.17) is 9.47 Å². The van der Waals surface area contributed by atoms with E-state index in [-0.39, 0.29) is 12.2 Å². The van der Waals surface area contributed by atoms with E-state index >= 15 is 0 Å². The third-order valence-electron chi connectivity index (χ3n) is 3.55. The van der Waals surface area contributed by atoms with Crippen LogP contribution >= 0.6 is 0 Å². The Morgan fingerprint density at radius 1 is 1.19 bits per heavy atom. The molecule has 1 aromatic rings. The van der Waals surface area contributed by atoms with Gasteiger partial charge in [0.1, 0.15) is 6.10 Å². The molecule has 0 aromatic heterocycles. The Balaban J connectivity index is 3.16. The number of alkyl halides is 3. The minimum Gasteiger partial charge on any atom is -0.463 e. The highest BCUT2D eigenvalue weighted by molar-refractivity contribution is 5.88. The summed E-state index contributed by atoms with van der Waals surface area (Å²) in [6, 6.07) is 6.48. The van der Waals surface area contributed by atoms with Gasteiger partial charge in [-0.15, -0.1) is 0 Å². The van der Waals surface area contributed by atoms with Crippen LogP contribution in [-0.2, 0) is 29.4 Å². The van der Waals surface area contributed by atoms with Crippen molar-refractivity contribution < 1.29 is 37.0 Å². The minimum absolute atomic E-state index is 0.113. The minimum atomic E-state index is -5.06. The van der Waals surface area contributed by atoms with Gasteiger partial charge in [-0.25, -0.2) is 9.59 Å². The lowest BCUT2D eigenvalue weighted by Gasteiger charge is -2.33. The topological polar surface area (TPSA) is 61.8 Å². The number of hydrogen-bond acceptors (Lipinski definition) is 5. The lowest BCUT2D eigenvalue weighted by Crippen LogP contribution is -2.52.